The number of rotatable bonds is 5. The van der Waals surface area contributed by atoms with E-state index >= 15 is 0 Å². The third-order valence-corrected chi connectivity index (χ3v) is 3.92. The number of carbonyl (C=O) groups is 1. The van der Waals surface area contributed by atoms with Crippen molar-refractivity contribution in [2.75, 3.05) is 7.11 Å². The average Bonchev–Trinajstić information content (AvgIpc) is 3.23. The Morgan fingerprint density at radius 2 is 2.18 bits per heavy atom. The van der Waals surface area contributed by atoms with Crippen molar-refractivity contribution in [2.45, 2.75) is 6.54 Å². The summed E-state index contributed by atoms with van der Waals surface area (Å²) in [6.45, 7) is 0.297. The lowest BCUT2D eigenvalue weighted by Gasteiger charge is -2.07. The van der Waals surface area contributed by atoms with Crippen molar-refractivity contribution in [2.24, 2.45) is 0 Å². The molecule has 0 spiro atoms. The third kappa shape index (κ3) is 3.01. The van der Waals surface area contributed by atoms with Crippen molar-refractivity contribution in [3.8, 4) is 16.5 Å². The summed E-state index contributed by atoms with van der Waals surface area (Å²) in [5.41, 5.74) is 1.17. The van der Waals surface area contributed by atoms with E-state index in [4.69, 9.17) is 9.15 Å². The van der Waals surface area contributed by atoms with Crippen molar-refractivity contribution >= 4 is 17.2 Å². The molecule has 0 bridgehead atoms. The molecule has 3 rings (SSSR count). The number of carbonyl (C=O) groups excluding carboxylic acids is 1. The van der Waals surface area contributed by atoms with E-state index in [-0.39, 0.29) is 5.91 Å². The lowest BCUT2D eigenvalue weighted by Crippen LogP contribution is -2.23. The van der Waals surface area contributed by atoms with E-state index in [1.165, 1.54) is 7.11 Å². The highest BCUT2D eigenvalue weighted by Crippen LogP contribution is 2.23. The average molecular weight is 314 g/mol. The van der Waals surface area contributed by atoms with Crippen LogP contribution in [0.15, 0.2) is 52.5 Å². The van der Waals surface area contributed by atoms with Crippen molar-refractivity contribution in [3.63, 3.8) is 0 Å². The number of amides is 1. The zero-order chi connectivity index (χ0) is 15.4. The lowest BCUT2D eigenvalue weighted by molar-refractivity contribution is 0.0947. The SMILES string of the molecule is COc1ccccc1C(=O)NCc1coc(-c2cccs2)n1. The molecule has 5 nitrogen and oxygen atoms in total. The summed E-state index contributed by atoms with van der Waals surface area (Å²) >= 11 is 1.56. The van der Waals surface area contributed by atoms with E-state index in [1.54, 1.807) is 35.8 Å². The highest BCUT2D eigenvalue weighted by Gasteiger charge is 2.12. The summed E-state index contributed by atoms with van der Waals surface area (Å²) in [6, 6.07) is 11.0. The first kappa shape index (κ1) is 14.3. The van der Waals surface area contributed by atoms with E-state index in [1.807, 2.05) is 23.6 Å². The first-order valence-corrected chi connectivity index (χ1v) is 7.55. The van der Waals surface area contributed by atoms with Gasteiger partial charge in [0.15, 0.2) is 0 Å². The van der Waals surface area contributed by atoms with Gasteiger partial charge in [-0.05, 0) is 23.6 Å². The van der Waals surface area contributed by atoms with Gasteiger partial charge in [0.2, 0.25) is 5.89 Å². The minimum absolute atomic E-state index is 0.210. The van der Waals surface area contributed by atoms with Crippen LogP contribution in [0.1, 0.15) is 16.1 Å². The Kier molecular flexibility index (Phi) is 4.20. The van der Waals surface area contributed by atoms with E-state index in [2.05, 4.69) is 10.3 Å². The molecule has 0 radical (unpaired) electrons. The number of hydrogen-bond donors (Lipinski definition) is 1. The molecule has 1 amide bonds. The second-order valence-electron chi connectivity index (χ2n) is 4.50. The summed E-state index contributed by atoms with van der Waals surface area (Å²) in [6.07, 6.45) is 1.55. The Bertz CT molecular complexity index is 765. The number of methoxy groups -OCH3 is 1. The maximum Gasteiger partial charge on any atom is 0.255 e. The smallest absolute Gasteiger partial charge is 0.255 e. The van der Waals surface area contributed by atoms with Gasteiger partial charge in [-0.3, -0.25) is 4.79 Å². The molecule has 0 atom stereocenters. The largest absolute Gasteiger partial charge is 0.496 e. The fraction of sp³-hybridized carbons (Fsp3) is 0.125. The molecule has 1 aromatic carbocycles. The number of thiophene rings is 1. The van der Waals surface area contributed by atoms with Crippen LogP contribution in [0.4, 0.5) is 0 Å². The molecule has 1 N–H and O–H groups in total. The van der Waals surface area contributed by atoms with E-state index in [9.17, 15) is 4.79 Å². The lowest BCUT2D eigenvalue weighted by atomic mass is 10.2. The second-order valence-corrected chi connectivity index (χ2v) is 5.45. The Hall–Kier alpha value is -2.60. The molecule has 2 heterocycles. The molecule has 0 aliphatic rings. The van der Waals surface area contributed by atoms with Gasteiger partial charge in [-0.15, -0.1) is 11.3 Å². The van der Waals surface area contributed by atoms with Crippen LogP contribution in [-0.2, 0) is 6.54 Å². The van der Waals surface area contributed by atoms with Gasteiger partial charge in [0.1, 0.15) is 12.0 Å². The summed E-state index contributed by atoms with van der Waals surface area (Å²) < 4.78 is 10.6. The number of benzene rings is 1. The van der Waals surface area contributed by atoms with Crippen LogP contribution in [0.5, 0.6) is 5.75 Å². The van der Waals surface area contributed by atoms with Crippen LogP contribution in [0, 0.1) is 0 Å². The van der Waals surface area contributed by atoms with Gasteiger partial charge in [-0.25, -0.2) is 4.98 Å². The summed E-state index contributed by atoms with van der Waals surface area (Å²) in [4.78, 5) is 17.5. The van der Waals surface area contributed by atoms with Crippen LogP contribution < -0.4 is 10.1 Å². The molecule has 0 fully saturated rings. The van der Waals surface area contributed by atoms with Crippen LogP contribution >= 0.6 is 11.3 Å². The Labute approximate surface area is 131 Å². The number of aromatic nitrogens is 1. The van der Waals surface area contributed by atoms with Crippen molar-refractivity contribution in [3.05, 3.63) is 59.3 Å². The molecular weight excluding hydrogens is 300 g/mol. The van der Waals surface area contributed by atoms with E-state index < -0.39 is 0 Å². The fourth-order valence-corrected chi connectivity index (χ4v) is 2.66. The number of para-hydroxylation sites is 1. The maximum atomic E-state index is 12.2. The monoisotopic (exact) mass is 314 g/mol. The predicted octanol–water partition coefficient (Wildman–Crippen LogP) is 3.34. The second kappa shape index (κ2) is 6.44. The van der Waals surface area contributed by atoms with Gasteiger partial charge in [0.25, 0.3) is 5.91 Å². The molecule has 3 aromatic rings. The predicted molar refractivity (Wildman–Crippen MR) is 84.0 cm³/mol. The van der Waals surface area contributed by atoms with Crippen LogP contribution in [0.2, 0.25) is 0 Å². The molecule has 22 heavy (non-hydrogen) atoms. The number of hydrogen-bond acceptors (Lipinski definition) is 5. The van der Waals surface area contributed by atoms with Gasteiger partial charge < -0.3 is 14.5 Å². The highest BCUT2D eigenvalue weighted by atomic mass is 32.1. The van der Waals surface area contributed by atoms with Crippen LogP contribution in [0.3, 0.4) is 0 Å². The van der Waals surface area contributed by atoms with Crippen molar-refractivity contribution < 1.29 is 13.9 Å². The molecule has 6 heteroatoms. The van der Waals surface area contributed by atoms with Gasteiger partial charge in [-0.1, -0.05) is 18.2 Å². The Morgan fingerprint density at radius 3 is 2.95 bits per heavy atom. The summed E-state index contributed by atoms with van der Waals surface area (Å²) in [5.74, 6) is 0.897. The fourth-order valence-electron chi connectivity index (χ4n) is 2.00. The standard InChI is InChI=1S/C16H14N2O3S/c1-20-13-6-3-2-5-12(13)15(19)17-9-11-10-21-16(18-11)14-7-4-8-22-14/h2-8,10H,9H2,1H3,(H,17,19). The van der Waals surface area contributed by atoms with E-state index in [0.29, 0.717) is 29.4 Å². The van der Waals surface area contributed by atoms with Crippen molar-refractivity contribution in [1.29, 1.82) is 0 Å². The normalized spacial score (nSPS) is 10.4. The third-order valence-electron chi connectivity index (χ3n) is 3.07. The van der Waals surface area contributed by atoms with Crippen LogP contribution in [0.25, 0.3) is 10.8 Å². The molecule has 0 saturated heterocycles. The number of oxazole rings is 1. The highest BCUT2D eigenvalue weighted by molar-refractivity contribution is 7.13. The Morgan fingerprint density at radius 1 is 1.32 bits per heavy atom. The molecule has 0 aliphatic heterocycles. The molecule has 112 valence electrons. The van der Waals surface area contributed by atoms with Gasteiger partial charge in [0.05, 0.1) is 29.8 Å². The molecule has 0 aliphatic carbocycles. The van der Waals surface area contributed by atoms with E-state index in [0.717, 1.165) is 4.88 Å². The minimum atomic E-state index is -0.210. The summed E-state index contributed by atoms with van der Waals surface area (Å²) in [7, 11) is 1.54. The molecule has 0 unspecified atom stereocenters. The zero-order valence-corrected chi connectivity index (χ0v) is 12.7. The number of ether oxygens (including phenoxy) is 1. The minimum Gasteiger partial charge on any atom is -0.496 e. The molecule has 0 saturated carbocycles. The zero-order valence-electron chi connectivity index (χ0n) is 11.9. The summed E-state index contributed by atoms with van der Waals surface area (Å²) in [5, 5.41) is 4.77. The Balaban J connectivity index is 1.66. The number of nitrogens with one attached hydrogen (secondary N) is 1. The number of nitrogens with zero attached hydrogens (tertiary/aromatic N) is 1. The van der Waals surface area contributed by atoms with Crippen molar-refractivity contribution in [1.82, 2.24) is 10.3 Å². The quantitative estimate of drug-likeness (QED) is 0.784. The van der Waals surface area contributed by atoms with Gasteiger partial charge in [-0.2, -0.15) is 0 Å². The first-order valence-electron chi connectivity index (χ1n) is 6.67. The topological polar surface area (TPSA) is 64.4 Å². The molecular formula is C16H14N2O3S. The first-order chi connectivity index (χ1) is 10.8. The van der Waals surface area contributed by atoms with Gasteiger partial charge >= 0.3 is 0 Å². The maximum absolute atomic E-state index is 12.2. The van der Waals surface area contributed by atoms with Gasteiger partial charge in [0, 0.05) is 0 Å². The molecule has 2 aromatic heterocycles. The van der Waals surface area contributed by atoms with Crippen LogP contribution in [-0.4, -0.2) is 18.0 Å².